The Morgan fingerprint density at radius 2 is 2.00 bits per heavy atom. The molecular formula is C19H17N3O7S2. The second-order valence-corrected chi connectivity index (χ2v) is 9.37. The molecule has 162 valence electrons. The summed E-state index contributed by atoms with van der Waals surface area (Å²) in [5, 5.41) is 7.83. The molecule has 31 heavy (non-hydrogen) atoms. The molecule has 3 aromatic rings. The topological polar surface area (TPSA) is 137 Å². The molecule has 2 aromatic heterocycles. The molecule has 1 aliphatic heterocycles. The van der Waals surface area contributed by atoms with Crippen molar-refractivity contribution in [2.45, 2.75) is 32.3 Å². The Bertz CT molecular complexity index is 1310. The lowest BCUT2D eigenvalue weighted by molar-refractivity contribution is -0.194. The lowest BCUT2D eigenvalue weighted by Crippen LogP contribution is -2.19. The lowest BCUT2D eigenvalue weighted by Gasteiger charge is -2.11. The zero-order valence-corrected chi connectivity index (χ0v) is 18.3. The molecule has 12 heteroatoms. The number of aromatic nitrogens is 1. The Morgan fingerprint density at radius 1 is 1.23 bits per heavy atom. The number of ketones is 1. The van der Waals surface area contributed by atoms with Gasteiger partial charge in [0, 0.05) is 16.7 Å². The number of fused-ring (bicyclic) bond motifs is 1. The van der Waals surface area contributed by atoms with Crippen LogP contribution >= 0.6 is 11.3 Å². The van der Waals surface area contributed by atoms with E-state index in [9.17, 15) is 18.0 Å². The Balaban J connectivity index is 1.64. The number of benzene rings is 1. The third-order valence-corrected chi connectivity index (χ3v) is 7.12. The smallest absolute Gasteiger partial charge is 0.267 e. The van der Waals surface area contributed by atoms with Crippen molar-refractivity contribution in [2.75, 3.05) is 10.0 Å². The van der Waals surface area contributed by atoms with E-state index in [1.807, 2.05) is 0 Å². The minimum atomic E-state index is -4.12. The minimum Gasteiger partial charge on any atom is -0.337 e. The molecule has 0 saturated carbocycles. The van der Waals surface area contributed by atoms with E-state index in [2.05, 4.69) is 15.2 Å². The van der Waals surface area contributed by atoms with E-state index in [4.69, 9.17) is 14.3 Å². The van der Waals surface area contributed by atoms with Crippen LogP contribution < -0.4 is 14.9 Å². The van der Waals surface area contributed by atoms with E-state index in [0.29, 0.717) is 22.6 Å². The normalized spacial score (nSPS) is 12.9. The number of amides is 1. The summed E-state index contributed by atoms with van der Waals surface area (Å²) >= 11 is 0.952. The van der Waals surface area contributed by atoms with Crippen LogP contribution in [0.4, 0.5) is 11.6 Å². The fourth-order valence-electron chi connectivity index (χ4n) is 2.91. The molecule has 1 amide bonds. The van der Waals surface area contributed by atoms with Crippen molar-refractivity contribution in [3.63, 3.8) is 0 Å². The molecule has 10 nitrogen and oxygen atoms in total. The molecule has 3 heterocycles. The van der Waals surface area contributed by atoms with Crippen molar-refractivity contribution in [1.82, 2.24) is 5.16 Å². The predicted octanol–water partition coefficient (Wildman–Crippen LogP) is 3.43. The highest BCUT2D eigenvalue weighted by Gasteiger charge is 2.28. The molecule has 2 N–H and O–H groups in total. The van der Waals surface area contributed by atoms with Crippen LogP contribution in [0.2, 0.25) is 0 Å². The van der Waals surface area contributed by atoms with Crippen LogP contribution in [0, 0.1) is 13.8 Å². The van der Waals surface area contributed by atoms with Gasteiger partial charge in [0.1, 0.15) is 16.4 Å². The van der Waals surface area contributed by atoms with E-state index >= 15 is 0 Å². The van der Waals surface area contributed by atoms with Crippen LogP contribution in [0.3, 0.4) is 0 Å². The van der Waals surface area contributed by atoms with Crippen LogP contribution in [0.15, 0.2) is 33.0 Å². The highest BCUT2D eigenvalue weighted by atomic mass is 32.2. The Labute approximate surface area is 181 Å². The van der Waals surface area contributed by atoms with Gasteiger partial charge in [0.05, 0.1) is 11.4 Å². The first-order valence-electron chi connectivity index (χ1n) is 8.99. The van der Waals surface area contributed by atoms with Gasteiger partial charge in [-0.3, -0.25) is 9.59 Å². The van der Waals surface area contributed by atoms with Gasteiger partial charge in [-0.15, -0.1) is 11.3 Å². The fraction of sp³-hybridized carbons (Fsp3) is 0.211. The van der Waals surface area contributed by atoms with Gasteiger partial charge < -0.3 is 14.7 Å². The number of carbonyl (C=O) groups is 2. The van der Waals surface area contributed by atoms with Crippen LogP contribution in [-0.4, -0.2) is 25.3 Å². The average Bonchev–Trinajstić information content (AvgIpc) is 3.44. The Hall–Kier alpha value is -3.22. The first-order chi connectivity index (χ1) is 14.7. The fourth-order valence-corrected chi connectivity index (χ4v) is 5.28. The number of sulfonamides is 1. The molecule has 1 aliphatic rings. The molecule has 0 bridgehead atoms. The van der Waals surface area contributed by atoms with Gasteiger partial charge in [-0.05, 0) is 44.4 Å². The maximum atomic E-state index is 12.9. The van der Waals surface area contributed by atoms with Crippen LogP contribution in [0.1, 0.15) is 43.8 Å². The van der Waals surface area contributed by atoms with Crippen molar-refractivity contribution in [3.05, 3.63) is 50.8 Å². The summed E-state index contributed by atoms with van der Waals surface area (Å²) < 4.78 is 33.1. The molecule has 1 aromatic carbocycles. The van der Waals surface area contributed by atoms with Crippen molar-refractivity contribution in [2.24, 2.45) is 0 Å². The summed E-state index contributed by atoms with van der Waals surface area (Å²) in [6.07, 6.45) is 0. The Kier molecular flexibility index (Phi) is 5.29. The highest BCUT2D eigenvalue weighted by Crippen LogP contribution is 2.33. The molecule has 4 rings (SSSR count). The van der Waals surface area contributed by atoms with Gasteiger partial charge in [0.25, 0.3) is 15.9 Å². The van der Waals surface area contributed by atoms with E-state index in [1.165, 1.54) is 24.4 Å². The maximum absolute atomic E-state index is 12.9. The molecule has 0 saturated heterocycles. The van der Waals surface area contributed by atoms with E-state index in [-0.39, 0.29) is 39.3 Å². The quantitative estimate of drug-likeness (QED) is 0.419. The first kappa shape index (κ1) is 21.0. The van der Waals surface area contributed by atoms with Gasteiger partial charge in [0.15, 0.2) is 11.5 Å². The van der Waals surface area contributed by atoms with Crippen molar-refractivity contribution in [3.8, 4) is 5.75 Å². The summed E-state index contributed by atoms with van der Waals surface area (Å²) in [6.45, 7) is 4.85. The van der Waals surface area contributed by atoms with E-state index < -0.39 is 15.9 Å². The minimum absolute atomic E-state index is 0.0208. The molecular weight excluding hydrogens is 446 g/mol. The number of nitrogens with zero attached hydrogens (tertiary/aromatic N) is 1. The third-order valence-electron chi connectivity index (χ3n) is 4.70. The Morgan fingerprint density at radius 3 is 2.68 bits per heavy atom. The first-order valence-corrected chi connectivity index (χ1v) is 11.4. The number of anilines is 2. The van der Waals surface area contributed by atoms with Crippen LogP contribution in [0.5, 0.6) is 5.75 Å². The third kappa shape index (κ3) is 3.92. The molecule has 0 radical (unpaired) electrons. The number of nitrogens with one attached hydrogen (secondary N) is 2. The number of thiophene rings is 1. The number of Topliss-reactive ketones (excluding diaryl/α,β-unsaturated/α-hetero) is 1. The lowest BCUT2D eigenvalue weighted by atomic mass is 10.0. The maximum Gasteiger partial charge on any atom is 0.267 e. The second kappa shape index (κ2) is 7.80. The van der Waals surface area contributed by atoms with Crippen molar-refractivity contribution in [1.29, 1.82) is 0 Å². The number of hydrogen-bond acceptors (Lipinski definition) is 9. The monoisotopic (exact) mass is 463 g/mol. The zero-order valence-electron chi connectivity index (χ0n) is 16.6. The summed E-state index contributed by atoms with van der Waals surface area (Å²) in [6, 6.07) is 4.36. The molecule has 0 atom stereocenters. The van der Waals surface area contributed by atoms with Crippen molar-refractivity contribution < 1.29 is 32.3 Å². The van der Waals surface area contributed by atoms with Crippen LogP contribution in [0.25, 0.3) is 0 Å². The largest absolute Gasteiger partial charge is 0.337 e. The molecule has 0 fully saturated rings. The molecule has 0 unspecified atom stereocenters. The summed E-state index contributed by atoms with van der Waals surface area (Å²) in [7, 11) is -4.12. The summed E-state index contributed by atoms with van der Waals surface area (Å²) in [5.74, 6) is -0.606. The standard InChI is InChI=1S/C19H17N3O7S2/c1-9-10(2)21-28-19(9)22-31(25,26)16-4-5-30-17(16)18(24)20-14-6-12-8-27-29-15(12)7-13(14)11(3)23/h4-7,22H,8H2,1-3H3,(H,20,24). The number of carbonyl (C=O) groups excluding carboxylic acids is 2. The van der Waals surface area contributed by atoms with Gasteiger partial charge in [-0.1, -0.05) is 5.16 Å². The van der Waals surface area contributed by atoms with Gasteiger partial charge in [-0.2, -0.15) is 4.89 Å². The summed E-state index contributed by atoms with van der Waals surface area (Å²) in [4.78, 5) is 34.6. The SMILES string of the molecule is CC(=O)c1cc2c(cc1NC(=O)c1sccc1S(=O)(=O)Nc1onc(C)c1C)COO2. The summed E-state index contributed by atoms with van der Waals surface area (Å²) in [5.41, 5.74) is 2.18. The molecule has 0 aliphatic carbocycles. The highest BCUT2D eigenvalue weighted by molar-refractivity contribution is 7.93. The van der Waals surface area contributed by atoms with Gasteiger partial charge in [-0.25, -0.2) is 13.1 Å². The number of rotatable bonds is 6. The van der Waals surface area contributed by atoms with Gasteiger partial charge >= 0.3 is 0 Å². The van der Waals surface area contributed by atoms with E-state index in [0.717, 1.165) is 11.3 Å². The number of hydrogen-bond donors (Lipinski definition) is 2. The van der Waals surface area contributed by atoms with E-state index in [1.54, 1.807) is 19.9 Å². The second-order valence-electron chi connectivity index (χ2n) is 6.80. The van der Waals surface area contributed by atoms with Gasteiger partial charge in [0.2, 0.25) is 5.88 Å². The van der Waals surface area contributed by atoms with Crippen LogP contribution in [-0.2, 0) is 21.5 Å². The zero-order chi connectivity index (χ0) is 22.3. The van der Waals surface area contributed by atoms with Crippen molar-refractivity contribution >= 4 is 44.6 Å². The molecule has 0 spiro atoms. The number of aryl methyl sites for hydroxylation is 1. The average molecular weight is 463 g/mol. The predicted molar refractivity (Wildman–Crippen MR) is 111 cm³/mol.